The molecule has 1 aromatic heterocycles. The van der Waals surface area contributed by atoms with Crippen molar-refractivity contribution in [3.05, 3.63) is 22.4 Å². The first-order valence-electron chi connectivity index (χ1n) is 6.31. The Bertz CT molecular complexity index is 447. The summed E-state index contributed by atoms with van der Waals surface area (Å²) in [5, 5.41) is 11.2. The summed E-state index contributed by atoms with van der Waals surface area (Å²) in [5.74, 6) is -0.472. The molecule has 0 saturated carbocycles. The lowest BCUT2D eigenvalue weighted by molar-refractivity contribution is -0.148. The number of amides is 1. The third-order valence-corrected chi connectivity index (χ3v) is 5.34. The van der Waals surface area contributed by atoms with Crippen LogP contribution >= 0.6 is 23.1 Å². The maximum absolute atomic E-state index is 12.4. The molecule has 0 spiro atoms. The van der Waals surface area contributed by atoms with Crippen LogP contribution in [0.4, 0.5) is 0 Å². The minimum atomic E-state index is -0.898. The molecule has 0 aromatic carbocycles. The van der Waals surface area contributed by atoms with Crippen molar-refractivity contribution in [3.63, 3.8) is 0 Å². The molecular weight excluding hydrogens is 282 g/mol. The fraction of sp³-hybridized carbons (Fsp3) is 0.538. The molecule has 19 heavy (non-hydrogen) atoms. The van der Waals surface area contributed by atoms with E-state index in [9.17, 15) is 14.7 Å². The van der Waals surface area contributed by atoms with Crippen LogP contribution in [0.25, 0.3) is 0 Å². The number of hydrogen-bond donors (Lipinski definition) is 1. The molecule has 1 amide bonds. The van der Waals surface area contributed by atoms with E-state index in [1.54, 1.807) is 16.7 Å². The number of aliphatic carboxylic acids is 1. The van der Waals surface area contributed by atoms with Gasteiger partial charge in [-0.25, -0.2) is 4.79 Å². The van der Waals surface area contributed by atoms with Crippen molar-refractivity contribution >= 4 is 35.0 Å². The van der Waals surface area contributed by atoms with E-state index < -0.39 is 12.0 Å². The molecule has 1 saturated heterocycles. The summed E-state index contributed by atoms with van der Waals surface area (Å²) in [6.45, 7) is 2.05. The van der Waals surface area contributed by atoms with E-state index in [0.717, 1.165) is 17.7 Å². The van der Waals surface area contributed by atoms with Crippen molar-refractivity contribution < 1.29 is 14.7 Å². The summed E-state index contributed by atoms with van der Waals surface area (Å²) < 4.78 is 0. The van der Waals surface area contributed by atoms with Crippen molar-refractivity contribution in [1.82, 2.24) is 4.90 Å². The summed E-state index contributed by atoms with van der Waals surface area (Å²) in [7, 11) is 0. The average molecular weight is 299 g/mol. The molecular formula is C13H17NO3S2. The van der Waals surface area contributed by atoms with E-state index >= 15 is 0 Å². The zero-order valence-corrected chi connectivity index (χ0v) is 12.4. The lowest BCUT2D eigenvalue weighted by Gasteiger charge is -2.27. The highest BCUT2D eigenvalue weighted by Crippen LogP contribution is 2.33. The molecule has 1 fully saturated rings. The molecule has 2 unspecified atom stereocenters. The van der Waals surface area contributed by atoms with Crippen LogP contribution in [0.5, 0.6) is 0 Å². The van der Waals surface area contributed by atoms with E-state index in [1.165, 1.54) is 11.3 Å². The Balaban J connectivity index is 2.11. The van der Waals surface area contributed by atoms with Crippen molar-refractivity contribution in [2.75, 3.05) is 5.75 Å². The Labute approximate surface area is 120 Å². The summed E-state index contributed by atoms with van der Waals surface area (Å²) >= 11 is 3.11. The Kier molecular flexibility index (Phi) is 4.87. The van der Waals surface area contributed by atoms with Gasteiger partial charge >= 0.3 is 5.97 Å². The predicted molar refractivity (Wildman–Crippen MR) is 77.4 cm³/mol. The van der Waals surface area contributed by atoms with E-state index in [-0.39, 0.29) is 11.3 Å². The fourth-order valence-electron chi connectivity index (χ4n) is 2.21. The number of rotatable bonds is 5. The van der Waals surface area contributed by atoms with Crippen LogP contribution in [0.2, 0.25) is 0 Å². The van der Waals surface area contributed by atoms with Crippen molar-refractivity contribution in [2.24, 2.45) is 0 Å². The van der Waals surface area contributed by atoms with Crippen molar-refractivity contribution in [2.45, 2.75) is 37.6 Å². The third kappa shape index (κ3) is 3.30. The van der Waals surface area contributed by atoms with Gasteiger partial charge in [0.2, 0.25) is 5.91 Å². The maximum Gasteiger partial charge on any atom is 0.327 e. The van der Waals surface area contributed by atoms with Gasteiger partial charge in [-0.15, -0.1) is 23.1 Å². The molecule has 1 aliphatic heterocycles. The number of carbonyl (C=O) groups excluding carboxylic acids is 1. The van der Waals surface area contributed by atoms with Gasteiger partial charge < -0.3 is 10.0 Å². The second-order valence-electron chi connectivity index (χ2n) is 4.49. The minimum absolute atomic E-state index is 0.0126. The molecule has 0 aliphatic carbocycles. The highest BCUT2D eigenvalue weighted by atomic mass is 32.2. The zero-order chi connectivity index (χ0) is 13.8. The van der Waals surface area contributed by atoms with Gasteiger partial charge in [-0.1, -0.05) is 19.4 Å². The van der Waals surface area contributed by atoms with Gasteiger partial charge in [-0.3, -0.25) is 4.79 Å². The van der Waals surface area contributed by atoms with Crippen LogP contribution in [0.3, 0.4) is 0 Å². The van der Waals surface area contributed by atoms with E-state index in [2.05, 4.69) is 6.92 Å². The van der Waals surface area contributed by atoms with Gasteiger partial charge in [0.15, 0.2) is 0 Å². The Morgan fingerprint density at radius 2 is 2.32 bits per heavy atom. The van der Waals surface area contributed by atoms with Crippen LogP contribution in [-0.2, 0) is 16.0 Å². The topological polar surface area (TPSA) is 57.6 Å². The fourth-order valence-corrected chi connectivity index (χ4v) is 4.44. The van der Waals surface area contributed by atoms with Crippen molar-refractivity contribution in [3.8, 4) is 0 Å². The quantitative estimate of drug-likeness (QED) is 0.907. The molecule has 1 aliphatic rings. The Morgan fingerprint density at radius 1 is 1.53 bits per heavy atom. The summed E-state index contributed by atoms with van der Waals surface area (Å²) in [6.07, 6.45) is 2.11. The maximum atomic E-state index is 12.4. The van der Waals surface area contributed by atoms with Crippen LogP contribution in [0.15, 0.2) is 17.5 Å². The molecule has 2 heterocycles. The number of carboxylic acid groups (broad SMARTS) is 1. The molecule has 0 bridgehead atoms. The van der Waals surface area contributed by atoms with E-state index in [1.807, 2.05) is 17.5 Å². The van der Waals surface area contributed by atoms with Crippen molar-refractivity contribution in [1.29, 1.82) is 0 Å². The minimum Gasteiger partial charge on any atom is -0.480 e. The average Bonchev–Trinajstić information content (AvgIpc) is 2.98. The SMILES string of the molecule is CCCC1SCC(C(=O)O)N1C(=O)Cc1cccs1. The zero-order valence-electron chi connectivity index (χ0n) is 10.7. The van der Waals surface area contributed by atoms with Gasteiger partial charge in [-0.2, -0.15) is 0 Å². The molecule has 0 radical (unpaired) electrons. The lowest BCUT2D eigenvalue weighted by atomic mass is 10.2. The molecule has 104 valence electrons. The Morgan fingerprint density at radius 3 is 2.89 bits per heavy atom. The smallest absolute Gasteiger partial charge is 0.327 e. The highest BCUT2D eigenvalue weighted by Gasteiger charge is 2.40. The third-order valence-electron chi connectivity index (χ3n) is 3.11. The molecule has 1 N–H and O–H groups in total. The molecule has 1 aromatic rings. The summed E-state index contributed by atoms with van der Waals surface area (Å²) in [6, 6.07) is 3.15. The molecule has 4 nitrogen and oxygen atoms in total. The summed E-state index contributed by atoms with van der Waals surface area (Å²) in [5.41, 5.74) is 0. The van der Waals surface area contributed by atoms with Crippen LogP contribution in [0, 0.1) is 0 Å². The summed E-state index contributed by atoms with van der Waals surface area (Å²) in [4.78, 5) is 26.2. The largest absolute Gasteiger partial charge is 0.480 e. The van der Waals surface area contributed by atoms with E-state index in [0.29, 0.717) is 12.2 Å². The van der Waals surface area contributed by atoms with Gasteiger partial charge in [-0.05, 0) is 17.9 Å². The van der Waals surface area contributed by atoms with E-state index in [4.69, 9.17) is 0 Å². The second-order valence-corrected chi connectivity index (χ2v) is 6.73. The van der Waals surface area contributed by atoms with Gasteiger partial charge in [0, 0.05) is 10.6 Å². The van der Waals surface area contributed by atoms with Gasteiger partial charge in [0.05, 0.1) is 11.8 Å². The van der Waals surface area contributed by atoms with Gasteiger partial charge in [0.1, 0.15) is 6.04 Å². The first-order chi connectivity index (χ1) is 9.13. The first-order valence-corrected chi connectivity index (χ1v) is 8.24. The number of carboxylic acids is 1. The second kappa shape index (κ2) is 6.43. The van der Waals surface area contributed by atoms with Crippen LogP contribution in [-0.4, -0.2) is 39.1 Å². The van der Waals surface area contributed by atoms with Gasteiger partial charge in [0.25, 0.3) is 0 Å². The number of thiophene rings is 1. The number of thioether (sulfide) groups is 1. The monoisotopic (exact) mass is 299 g/mol. The number of hydrogen-bond acceptors (Lipinski definition) is 4. The van der Waals surface area contributed by atoms with Crippen LogP contribution in [0.1, 0.15) is 24.6 Å². The number of nitrogens with zero attached hydrogens (tertiary/aromatic N) is 1. The first kappa shape index (κ1) is 14.4. The lowest BCUT2D eigenvalue weighted by Crippen LogP contribution is -2.46. The molecule has 2 atom stereocenters. The Hall–Kier alpha value is -1.01. The normalized spacial score (nSPS) is 22.7. The standard InChI is InChI=1S/C13H17NO3S2/c1-2-4-12-14(10(8-19-12)13(16)17)11(15)7-9-5-3-6-18-9/h3,5-6,10,12H,2,4,7-8H2,1H3,(H,16,17). The molecule has 6 heteroatoms. The molecule has 2 rings (SSSR count). The number of carbonyl (C=O) groups is 2. The predicted octanol–water partition coefficient (Wildman–Crippen LogP) is 2.45. The highest BCUT2D eigenvalue weighted by molar-refractivity contribution is 8.00. The van der Waals surface area contributed by atoms with Crippen LogP contribution < -0.4 is 0 Å².